The van der Waals surface area contributed by atoms with Crippen LogP contribution in [-0.2, 0) is 27.9 Å². The molecule has 0 amide bonds. The van der Waals surface area contributed by atoms with Crippen molar-refractivity contribution < 1.29 is 21.9 Å². The minimum atomic E-state index is -3.86. The zero-order valence-electron chi connectivity index (χ0n) is 17.7. The van der Waals surface area contributed by atoms with Crippen molar-refractivity contribution in [2.45, 2.75) is 19.9 Å². The molecule has 0 bridgehead atoms. The van der Waals surface area contributed by atoms with Crippen molar-refractivity contribution in [2.75, 3.05) is 44.6 Å². The number of pyridine rings is 1. The molecule has 1 atom stereocenters. The Morgan fingerprint density at radius 2 is 1.84 bits per heavy atom. The largest absolute Gasteiger partial charge is 0.384 e. The minimum absolute atomic E-state index is 0.0197. The molecule has 0 aliphatic carbocycles. The van der Waals surface area contributed by atoms with Gasteiger partial charge in [-0.25, -0.2) is 13.8 Å². The summed E-state index contributed by atoms with van der Waals surface area (Å²) < 4.78 is 63.4. The second-order valence-corrected chi connectivity index (χ2v) is 9.26. The third-order valence-corrected chi connectivity index (χ3v) is 6.71. The molecule has 1 fully saturated rings. The molecule has 1 N–H and O–H groups in total. The molecule has 1 saturated heterocycles. The van der Waals surface area contributed by atoms with Gasteiger partial charge in [-0.1, -0.05) is 19.1 Å². The van der Waals surface area contributed by atoms with Crippen LogP contribution in [-0.4, -0.2) is 62.5 Å². The second-order valence-electron chi connectivity index (χ2n) is 7.59. The molecule has 10 heteroatoms. The van der Waals surface area contributed by atoms with Crippen molar-refractivity contribution in [2.24, 2.45) is 5.92 Å². The smallest absolute Gasteiger partial charge is 0.302 e. The Morgan fingerprint density at radius 1 is 1.13 bits per heavy atom. The molecule has 1 aromatic carbocycles. The number of nitrogens with one attached hydrogen (secondary N) is 1. The van der Waals surface area contributed by atoms with Crippen LogP contribution in [0, 0.1) is 17.6 Å². The molecular weight excluding hydrogens is 426 g/mol. The van der Waals surface area contributed by atoms with Gasteiger partial charge in [-0.15, -0.1) is 0 Å². The van der Waals surface area contributed by atoms with Crippen LogP contribution in [0.2, 0.25) is 0 Å². The summed E-state index contributed by atoms with van der Waals surface area (Å²) >= 11 is 0. The molecule has 170 valence electrons. The first-order valence-corrected chi connectivity index (χ1v) is 11.6. The van der Waals surface area contributed by atoms with Crippen molar-refractivity contribution in [3.63, 3.8) is 0 Å². The highest BCUT2D eigenvalue weighted by atomic mass is 32.2. The van der Waals surface area contributed by atoms with Crippen LogP contribution in [0.1, 0.15) is 18.2 Å². The van der Waals surface area contributed by atoms with Gasteiger partial charge in [0.2, 0.25) is 0 Å². The van der Waals surface area contributed by atoms with Crippen LogP contribution in [0.5, 0.6) is 0 Å². The number of halogens is 2. The molecule has 2 aromatic rings. The van der Waals surface area contributed by atoms with Gasteiger partial charge >= 0.3 is 10.2 Å². The average molecular weight is 455 g/mol. The SMILES string of the molecule is CCc1cccc(NS(=O)(=O)N2CCN(Cc3c(F)cccc3F)CC(COC)C2)n1. The summed E-state index contributed by atoms with van der Waals surface area (Å²) in [7, 11) is -2.31. The lowest BCUT2D eigenvalue weighted by atomic mass is 10.1. The van der Waals surface area contributed by atoms with E-state index in [1.807, 2.05) is 17.9 Å². The Morgan fingerprint density at radius 3 is 2.52 bits per heavy atom. The number of nitrogens with zero attached hydrogens (tertiary/aromatic N) is 3. The lowest BCUT2D eigenvalue weighted by Crippen LogP contribution is -2.40. The van der Waals surface area contributed by atoms with Crippen LogP contribution in [0.25, 0.3) is 0 Å². The molecule has 2 heterocycles. The van der Waals surface area contributed by atoms with E-state index in [-0.39, 0.29) is 36.9 Å². The first-order chi connectivity index (χ1) is 14.8. The predicted molar refractivity (Wildman–Crippen MR) is 115 cm³/mol. The lowest BCUT2D eigenvalue weighted by molar-refractivity contribution is 0.125. The Bertz CT molecular complexity index is 970. The first kappa shape index (κ1) is 23.5. The summed E-state index contributed by atoms with van der Waals surface area (Å²) in [6.07, 6.45) is 0.691. The third kappa shape index (κ3) is 6.19. The van der Waals surface area contributed by atoms with Gasteiger partial charge in [0.15, 0.2) is 0 Å². The van der Waals surface area contributed by atoms with E-state index in [1.165, 1.54) is 22.5 Å². The third-order valence-electron chi connectivity index (χ3n) is 5.23. The molecule has 0 spiro atoms. The van der Waals surface area contributed by atoms with E-state index in [4.69, 9.17) is 4.74 Å². The van der Waals surface area contributed by atoms with Gasteiger partial charge in [-0.05, 0) is 30.7 Å². The molecule has 7 nitrogen and oxygen atoms in total. The number of aromatic nitrogens is 1. The molecule has 0 saturated carbocycles. The first-order valence-electron chi connectivity index (χ1n) is 10.2. The zero-order chi connectivity index (χ0) is 22.4. The summed E-state index contributed by atoms with van der Waals surface area (Å²) in [5, 5.41) is 0. The summed E-state index contributed by atoms with van der Waals surface area (Å²) in [4.78, 5) is 6.16. The highest BCUT2D eigenvalue weighted by molar-refractivity contribution is 7.90. The van der Waals surface area contributed by atoms with E-state index in [0.29, 0.717) is 26.1 Å². The Labute approximate surface area is 182 Å². The van der Waals surface area contributed by atoms with Crippen LogP contribution in [0.15, 0.2) is 36.4 Å². The Balaban J connectivity index is 1.76. The molecule has 1 unspecified atom stereocenters. The number of ether oxygens (including phenoxy) is 1. The fourth-order valence-corrected chi connectivity index (χ4v) is 4.92. The number of aryl methyl sites for hydroxylation is 1. The lowest BCUT2D eigenvalue weighted by Gasteiger charge is -2.24. The molecule has 3 rings (SSSR count). The van der Waals surface area contributed by atoms with Gasteiger partial charge in [0.05, 0.1) is 6.61 Å². The maximum Gasteiger partial charge on any atom is 0.302 e. The van der Waals surface area contributed by atoms with E-state index >= 15 is 0 Å². The van der Waals surface area contributed by atoms with Crippen LogP contribution >= 0.6 is 0 Å². The van der Waals surface area contributed by atoms with Crippen molar-refractivity contribution in [3.8, 4) is 0 Å². The highest BCUT2D eigenvalue weighted by Gasteiger charge is 2.31. The second kappa shape index (κ2) is 10.4. The van der Waals surface area contributed by atoms with Crippen LogP contribution in [0.3, 0.4) is 0 Å². The van der Waals surface area contributed by atoms with Crippen molar-refractivity contribution in [3.05, 3.63) is 59.3 Å². The van der Waals surface area contributed by atoms with E-state index in [0.717, 1.165) is 5.69 Å². The number of rotatable bonds is 8. The number of benzene rings is 1. The fourth-order valence-electron chi connectivity index (χ4n) is 3.69. The number of anilines is 1. The summed E-state index contributed by atoms with van der Waals surface area (Å²) in [6.45, 7) is 3.52. The van der Waals surface area contributed by atoms with Crippen molar-refractivity contribution in [1.29, 1.82) is 0 Å². The van der Waals surface area contributed by atoms with Gasteiger partial charge in [-0.3, -0.25) is 9.62 Å². The summed E-state index contributed by atoms with van der Waals surface area (Å²) in [5.41, 5.74) is 0.764. The summed E-state index contributed by atoms with van der Waals surface area (Å²) in [5.74, 6) is -1.12. The maximum absolute atomic E-state index is 14.1. The quantitative estimate of drug-likeness (QED) is 0.664. The van der Waals surface area contributed by atoms with Gasteiger partial charge in [-0.2, -0.15) is 12.7 Å². The van der Waals surface area contributed by atoms with Crippen molar-refractivity contribution in [1.82, 2.24) is 14.2 Å². The van der Waals surface area contributed by atoms with Gasteiger partial charge in [0.1, 0.15) is 17.5 Å². The normalized spacial score (nSPS) is 18.6. The molecule has 0 radical (unpaired) electrons. The zero-order valence-corrected chi connectivity index (χ0v) is 18.5. The molecule has 1 aliphatic heterocycles. The minimum Gasteiger partial charge on any atom is -0.384 e. The molecule has 1 aromatic heterocycles. The van der Waals surface area contributed by atoms with Gasteiger partial charge in [0, 0.05) is 57.0 Å². The fraction of sp³-hybridized carbons (Fsp3) is 0.476. The molecular formula is C21H28F2N4O3S. The van der Waals surface area contributed by atoms with E-state index in [1.54, 1.807) is 19.2 Å². The number of hydrogen-bond donors (Lipinski definition) is 1. The van der Waals surface area contributed by atoms with E-state index < -0.39 is 21.8 Å². The topological polar surface area (TPSA) is 74.8 Å². The molecule has 31 heavy (non-hydrogen) atoms. The summed E-state index contributed by atoms with van der Waals surface area (Å²) in [6, 6.07) is 8.96. The predicted octanol–water partition coefficient (Wildman–Crippen LogP) is 2.66. The average Bonchev–Trinajstić information content (AvgIpc) is 2.94. The van der Waals surface area contributed by atoms with Crippen LogP contribution in [0.4, 0.5) is 14.6 Å². The van der Waals surface area contributed by atoms with Gasteiger partial charge < -0.3 is 4.74 Å². The Hall–Kier alpha value is -2.14. The van der Waals surface area contributed by atoms with E-state index in [9.17, 15) is 17.2 Å². The van der Waals surface area contributed by atoms with E-state index in [2.05, 4.69) is 9.71 Å². The maximum atomic E-state index is 14.1. The Kier molecular flexibility index (Phi) is 7.93. The number of methoxy groups -OCH3 is 1. The standard InChI is InChI=1S/C21H28F2N4O3S/c1-3-17-6-4-9-21(24-17)25-31(28,29)27-11-10-26(12-16(13-27)15-30-2)14-18-19(22)7-5-8-20(18)23/h4-9,16H,3,10-15H2,1-2H3,(H,24,25). The molecule has 1 aliphatic rings. The number of hydrogen-bond acceptors (Lipinski definition) is 5. The van der Waals surface area contributed by atoms with Crippen LogP contribution < -0.4 is 4.72 Å². The van der Waals surface area contributed by atoms with Crippen molar-refractivity contribution >= 4 is 16.0 Å². The van der Waals surface area contributed by atoms with Gasteiger partial charge in [0.25, 0.3) is 0 Å². The highest BCUT2D eigenvalue weighted by Crippen LogP contribution is 2.20. The monoisotopic (exact) mass is 454 g/mol.